The molecule has 0 aliphatic carbocycles. The Labute approximate surface area is 126 Å². The monoisotopic (exact) mass is 296 g/mol. The van der Waals surface area contributed by atoms with Crippen LogP contribution in [0.2, 0.25) is 0 Å². The van der Waals surface area contributed by atoms with Gasteiger partial charge in [-0.3, -0.25) is 4.79 Å². The molecule has 7 nitrogen and oxygen atoms in total. The first-order valence-electron chi connectivity index (χ1n) is 7.24. The molecule has 2 N–H and O–H groups in total. The molecule has 0 radical (unpaired) electrons. The maximum atomic E-state index is 12.4. The van der Waals surface area contributed by atoms with Crippen molar-refractivity contribution < 1.29 is 4.79 Å². The maximum absolute atomic E-state index is 12.4. The van der Waals surface area contributed by atoms with E-state index in [1.165, 1.54) is 0 Å². The van der Waals surface area contributed by atoms with E-state index in [9.17, 15) is 4.79 Å². The number of aryl methyl sites for hydroxylation is 2. The van der Waals surface area contributed by atoms with Gasteiger partial charge in [0.25, 0.3) is 5.91 Å². The smallest absolute Gasteiger partial charge is 0.255 e. The molecule has 7 heteroatoms. The van der Waals surface area contributed by atoms with Crippen molar-refractivity contribution in [3.8, 4) is 0 Å². The molecular weight excluding hydrogens is 280 g/mol. The van der Waals surface area contributed by atoms with E-state index in [-0.39, 0.29) is 5.91 Å². The number of imidazole rings is 1. The van der Waals surface area contributed by atoms with E-state index in [1.54, 1.807) is 18.6 Å². The normalized spacial score (nSPS) is 13.7. The Morgan fingerprint density at radius 3 is 3.23 bits per heavy atom. The number of amides is 1. The molecule has 0 atom stereocenters. The van der Waals surface area contributed by atoms with E-state index in [0.717, 1.165) is 36.4 Å². The molecular formula is C15H16N6O. The van der Waals surface area contributed by atoms with Crippen LogP contribution in [0, 0.1) is 0 Å². The topological polar surface area (TPSA) is 76.8 Å². The van der Waals surface area contributed by atoms with Crippen molar-refractivity contribution in [1.82, 2.24) is 19.3 Å². The second kappa shape index (κ2) is 4.87. The molecule has 0 fully saturated rings. The molecule has 1 aliphatic rings. The summed E-state index contributed by atoms with van der Waals surface area (Å²) < 4.78 is 3.80. The molecule has 0 saturated carbocycles. The van der Waals surface area contributed by atoms with E-state index >= 15 is 0 Å². The van der Waals surface area contributed by atoms with Crippen molar-refractivity contribution in [3.63, 3.8) is 0 Å². The fraction of sp³-hybridized carbons (Fsp3) is 0.267. The van der Waals surface area contributed by atoms with Gasteiger partial charge in [0.1, 0.15) is 11.5 Å². The van der Waals surface area contributed by atoms with Crippen LogP contribution < -0.4 is 10.6 Å². The summed E-state index contributed by atoms with van der Waals surface area (Å²) in [6.45, 7) is 1.77. The standard InChI is InChI=1S/C15H16N6O/c1-20-9-17-11-7-10(3-4-13(11)20)15(22)19-12-8-18-21-6-2-5-16-14(12)21/h3-4,7-9,16H,2,5-6H2,1H3,(H,19,22). The number of fused-ring (bicyclic) bond motifs is 2. The van der Waals surface area contributed by atoms with Gasteiger partial charge in [-0.2, -0.15) is 5.10 Å². The van der Waals surface area contributed by atoms with Gasteiger partial charge < -0.3 is 15.2 Å². The van der Waals surface area contributed by atoms with Crippen LogP contribution in [0.1, 0.15) is 16.8 Å². The summed E-state index contributed by atoms with van der Waals surface area (Å²) in [5.74, 6) is 0.717. The Balaban J connectivity index is 1.62. The minimum absolute atomic E-state index is 0.157. The number of anilines is 2. The average molecular weight is 296 g/mol. The summed E-state index contributed by atoms with van der Waals surface area (Å²) in [6, 6.07) is 5.51. The predicted molar refractivity (Wildman–Crippen MR) is 84.0 cm³/mol. The van der Waals surface area contributed by atoms with Crippen LogP contribution in [0.15, 0.2) is 30.7 Å². The van der Waals surface area contributed by atoms with Crippen LogP contribution in [0.3, 0.4) is 0 Å². The minimum atomic E-state index is -0.157. The average Bonchev–Trinajstić information content (AvgIpc) is 3.12. The highest BCUT2D eigenvalue weighted by Gasteiger charge is 2.17. The zero-order chi connectivity index (χ0) is 15.1. The molecule has 4 rings (SSSR count). The highest BCUT2D eigenvalue weighted by Crippen LogP contribution is 2.25. The van der Waals surface area contributed by atoms with Crippen molar-refractivity contribution in [2.45, 2.75) is 13.0 Å². The fourth-order valence-corrected chi connectivity index (χ4v) is 2.74. The number of aromatic nitrogens is 4. The lowest BCUT2D eigenvalue weighted by Gasteiger charge is -2.17. The van der Waals surface area contributed by atoms with Gasteiger partial charge >= 0.3 is 0 Å². The van der Waals surface area contributed by atoms with E-state index in [2.05, 4.69) is 20.7 Å². The number of nitrogens with zero attached hydrogens (tertiary/aromatic N) is 4. The number of hydrogen-bond acceptors (Lipinski definition) is 4. The third-order valence-electron chi connectivity index (χ3n) is 3.91. The van der Waals surface area contributed by atoms with Crippen LogP contribution in [-0.2, 0) is 13.6 Å². The Bertz CT molecular complexity index is 862. The number of nitrogens with one attached hydrogen (secondary N) is 2. The molecule has 112 valence electrons. The highest BCUT2D eigenvalue weighted by molar-refractivity contribution is 6.07. The largest absolute Gasteiger partial charge is 0.368 e. The number of carbonyl (C=O) groups excluding carboxylic acids is 1. The first-order valence-corrected chi connectivity index (χ1v) is 7.24. The van der Waals surface area contributed by atoms with Crippen LogP contribution in [0.5, 0.6) is 0 Å². The molecule has 0 spiro atoms. The van der Waals surface area contributed by atoms with Crippen molar-refractivity contribution >= 4 is 28.4 Å². The minimum Gasteiger partial charge on any atom is -0.368 e. The molecule has 22 heavy (non-hydrogen) atoms. The molecule has 2 aromatic heterocycles. The SMILES string of the molecule is Cn1cnc2cc(C(=O)Nc3cnn4c3NCCC4)ccc21. The molecule has 1 amide bonds. The number of carbonyl (C=O) groups is 1. The molecule has 3 heterocycles. The van der Waals surface area contributed by atoms with Gasteiger partial charge in [-0.25, -0.2) is 9.67 Å². The highest BCUT2D eigenvalue weighted by atomic mass is 16.1. The van der Waals surface area contributed by atoms with Gasteiger partial charge in [-0.05, 0) is 24.6 Å². The molecule has 3 aromatic rings. The number of hydrogen-bond donors (Lipinski definition) is 2. The number of rotatable bonds is 2. The Morgan fingerprint density at radius 2 is 2.32 bits per heavy atom. The summed E-state index contributed by atoms with van der Waals surface area (Å²) in [5.41, 5.74) is 3.11. The number of benzene rings is 1. The van der Waals surface area contributed by atoms with E-state index < -0.39 is 0 Å². The second-order valence-electron chi connectivity index (χ2n) is 5.42. The van der Waals surface area contributed by atoms with Crippen LogP contribution in [0.25, 0.3) is 11.0 Å². The molecule has 0 unspecified atom stereocenters. The van der Waals surface area contributed by atoms with Crippen molar-refractivity contribution in [3.05, 3.63) is 36.3 Å². The summed E-state index contributed by atoms with van der Waals surface area (Å²) >= 11 is 0. The molecule has 0 bridgehead atoms. The second-order valence-corrected chi connectivity index (χ2v) is 5.42. The summed E-state index contributed by atoms with van der Waals surface area (Å²) in [7, 11) is 1.93. The van der Waals surface area contributed by atoms with E-state index in [1.807, 2.05) is 28.4 Å². The van der Waals surface area contributed by atoms with Crippen LogP contribution >= 0.6 is 0 Å². The zero-order valence-electron chi connectivity index (χ0n) is 12.2. The summed E-state index contributed by atoms with van der Waals surface area (Å²) in [4.78, 5) is 16.7. The lowest BCUT2D eigenvalue weighted by molar-refractivity contribution is 0.102. The van der Waals surface area contributed by atoms with Gasteiger partial charge in [0.2, 0.25) is 0 Å². The Morgan fingerprint density at radius 1 is 1.41 bits per heavy atom. The van der Waals surface area contributed by atoms with E-state index in [0.29, 0.717) is 11.3 Å². The van der Waals surface area contributed by atoms with Crippen LogP contribution in [0.4, 0.5) is 11.5 Å². The first-order chi connectivity index (χ1) is 10.7. The van der Waals surface area contributed by atoms with Gasteiger partial charge in [-0.1, -0.05) is 0 Å². The van der Waals surface area contributed by atoms with Gasteiger partial charge in [-0.15, -0.1) is 0 Å². The maximum Gasteiger partial charge on any atom is 0.255 e. The fourth-order valence-electron chi connectivity index (χ4n) is 2.74. The summed E-state index contributed by atoms with van der Waals surface area (Å²) in [6.07, 6.45) is 4.47. The third-order valence-corrected chi connectivity index (χ3v) is 3.91. The van der Waals surface area contributed by atoms with Crippen molar-refractivity contribution in [2.75, 3.05) is 17.2 Å². The van der Waals surface area contributed by atoms with E-state index in [4.69, 9.17) is 0 Å². The lowest BCUT2D eigenvalue weighted by Crippen LogP contribution is -2.19. The quantitative estimate of drug-likeness (QED) is 0.756. The van der Waals surface area contributed by atoms with Gasteiger partial charge in [0.15, 0.2) is 0 Å². The van der Waals surface area contributed by atoms with Gasteiger partial charge in [0, 0.05) is 25.7 Å². The predicted octanol–water partition coefficient (Wildman–Crippen LogP) is 1.84. The summed E-state index contributed by atoms with van der Waals surface area (Å²) in [5, 5.41) is 10.5. The first kappa shape index (κ1) is 12.9. The van der Waals surface area contributed by atoms with Crippen molar-refractivity contribution in [2.24, 2.45) is 7.05 Å². The molecule has 1 aliphatic heterocycles. The molecule has 1 aromatic carbocycles. The lowest BCUT2D eigenvalue weighted by atomic mass is 10.2. The Kier molecular flexibility index (Phi) is 2.85. The van der Waals surface area contributed by atoms with Crippen molar-refractivity contribution in [1.29, 1.82) is 0 Å². The van der Waals surface area contributed by atoms with Crippen LogP contribution in [-0.4, -0.2) is 31.8 Å². The van der Waals surface area contributed by atoms with Gasteiger partial charge in [0.05, 0.1) is 23.6 Å². The third kappa shape index (κ3) is 2.02. The zero-order valence-corrected chi connectivity index (χ0v) is 12.2. The Hall–Kier alpha value is -2.83. The molecule has 0 saturated heterocycles.